The van der Waals surface area contributed by atoms with Crippen molar-refractivity contribution in [3.05, 3.63) is 58.6 Å². The molecule has 0 saturated heterocycles. The Morgan fingerprint density at radius 1 is 1.19 bits per heavy atom. The van der Waals surface area contributed by atoms with Gasteiger partial charge in [-0.2, -0.15) is 5.10 Å². The van der Waals surface area contributed by atoms with Gasteiger partial charge < -0.3 is 15.9 Å². The number of nitrogens with two attached hydrogens (primary N) is 1. The summed E-state index contributed by atoms with van der Waals surface area (Å²) in [6.45, 7) is 0. The Morgan fingerprint density at radius 2 is 1.88 bits per heavy atom. The first-order valence-electron chi connectivity index (χ1n) is 8.73. The molecule has 0 unspecified atom stereocenters. The highest BCUT2D eigenvalue weighted by atomic mass is 79.9. The van der Waals surface area contributed by atoms with Crippen LogP contribution in [0.2, 0.25) is 0 Å². The number of aromatic nitrogens is 3. The average Bonchev–Trinajstić information content (AvgIpc) is 3.08. The Bertz CT molecular complexity index is 1090. The number of hydrazone groups is 1. The van der Waals surface area contributed by atoms with E-state index >= 15 is 0 Å². The third-order valence-electron chi connectivity index (χ3n) is 3.62. The van der Waals surface area contributed by atoms with Crippen molar-refractivity contribution in [2.24, 2.45) is 5.10 Å². The highest BCUT2D eigenvalue weighted by Gasteiger charge is 2.30. The van der Waals surface area contributed by atoms with E-state index in [-0.39, 0.29) is 22.6 Å². The van der Waals surface area contributed by atoms with Crippen LogP contribution in [0.1, 0.15) is 5.56 Å². The molecule has 9 nitrogen and oxygen atoms in total. The number of halogens is 4. The van der Waals surface area contributed by atoms with Gasteiger partial charge in [0.1, 0.15) is 5.75 Å². The maximum absolute atomic E-state index is 12.2. The predicted octanol–water partition coefficient (Wildman–Crippen LogP) is 3.83. The fourth-order valence-corrected chi connectivity index (χ4v) is 3.15. The quantitative estimate of drug-likeness (QED) is 0.175. The molecule has 0 spiro atoms. The average molecular weight is 530 g/mol. The van der Waals surface area contributed by atoms with Crippen molar-refractivity contribution in [1.82, 2.24) is 14.9 Å². The molecule has 32 heavy (non-hydrogen) atoms. The van der Waals surface area contributed by atoms with Gasteiger partial charge in [0, 0.05) is 10.2 Å². The molecule has 0 aliphatic heterocycles. The summed E-state index contributed by atoms with van der Waals surface area (Å²) in [4.78, 5) is 12.1. The van der Waals surface area contributed by atoms with E-state index in [0.29, 0.717) is 5.69 Å². The SMILES string of the molecule is Nn1c(N/N=C/c2ccc(Br)cc2)nnc1SCC(=O)Nc1ccc(OC(F)(F)F)cc1. The molecule has 2 aromatic carbocycles. The van der Waals surface area contributed by atoms with Crippen LogP contribution in [0, 0.1) is 0 Å². The van der Waals surface area contributed by atoms with E-state index < -0.39 is 12.3 Å². The summed E-state index contributed by atoms with van der Waals surface area (Å²) < 4.78 is 42.4. The van der Waals surface area contributed by atoms with Crippen molar-refractivity contribution < 1.29 is 22.7 Å². The molecule has 168 valence electrons. The molecule has 0 saturated carbocycles. The number of carbonyl (C=O) groups is 1. The molecule has 1 aromatic heterocycles. The summed E-state index contributed by atoms with van der Waals surface area (Å²) in [5, 5.41) is 14.6. The van der Waals surface area contributed by atoms with Gasteiger partial charge in [0.05, 0.1) is 12.0 Å². The van der Waals surface area contributed by atoms with Crippen LogP contribution in [-0.4, -0.2) is 39.1 Å². The summed E-state index contributed by atoms with van der Waals surface area (Å²) in [6.07, 6.45) is -3.20. The monoisotopic (exact) mass is 529 g/mol. The molecule has 0 radical (unpaired) electrons. The number of nitrogens with zero attached hydrogens (tertiary/aromatic N) is 4. The first kappa shape index (κ1) is 23.4. The van der Waals surface area contributed by atoms with Crippen molar-refractivity contribution >= 4 is 51.4 Å². The molecule has 3 aromatic rings. The van der Waals surface area contributed by atoms with Crippen LogP contribution < -0.4 is 21.3 Å². The number of nitrogen functional groups attached to an aromatic ring is 1. The molecule has 0 aliphatic carbocycles. The maximum atomic E-state index is 12.2. The van der Waals surface area contributed by atoms with Crippen LogP contribution in [0.5, 0.6) is 5.75 Å². The zero-order valence-electron chi connectivity index (χ0n) is 16.0. The van der Waals surface area contributed by atoms with E-state index in [2.05, 4.69) is 46.7 Å². The van der Waals surface area contributed by atoms with Crippen LogP contribution in [0.15, 0.2) is 63.3 Å². The third-order valence-corrected chi connectivity index (χ3v) is 5.09. The second-order valence-electron chi connectivity index (χ2n) is 6.01. The minimum atomic E-state index is -4.78. The van der Waals surface area contributed by atoms with Gasteiger partial charge in [0.25, 0.3) is 5.95 Å². The van der Waals surface area contributed by atoms with E-state index in [1.165, 1.54) is 12.1 Å². The van der Waals surface area contributed by atoms with Gasteiger partial charge in [0.2, 0.25) is 11.1 Å². The van der Waals surface area contributed by atoms with Gasteiger partial charge in [-0.25, -0.2) is 10.1 Å². The Labute approximate surface area is 192 Å². The second-order valence-corrected chi connectivity index (χ2v) is 7.86. The van der Waals surface area contributed by atoms with Gasteiger partial charge in [-0.3, -0.25) is 4.79 Å². The lowest BCUT2D eigenvalue weighted by Gasteiger charge is -2.09. The molecule has 0 bridgehead atoms. The first-order valence-corrected chi connectivity index (χ1v) is 10.5. The number of hydrogen-bond donors (Lipinski definition) is 3. The molecule has 4 N–H and O–H groups in total. The number of hydrogen-bond acceptors (Lipinski definition) is 8. The van der Waals surface area contributed by atoms with Gasteiger partial charge in [0.15, 0.2) is 0 Å². The van der Waals surface area contributed by atoms with Crippen LogP contribution in [-0.2, 0) is 4.79 Å². The number of thioether (sulfide) groups is 1. The van der Waals surface area contributed by atoms with E-state index in [1.54, 1.807) is 6.21 Å². The van der Waals surface area contributed by atoms with Gasteiger partial charge in [-0.15, -0.1) is 23.4 Å². The highest BCUT2D eigenvalue weighted by molar-refractivity contribution is 9.10. The second kappa shape index (κ2) is 10.4. The molecule has 14 heteroatoms. The largest absolute Gasteiger partial charge is 0.573 e. The van der Waals surface area contributed by atoms with Crippen LogP contribution in [0.25, 0.3) is 0 Å². The summed E-state index contributed by atoms with van der Waals surface area (Å²) in [7, 11) is 0. The standard InChI is InChI=1S/C18H15BrF3N7O2S/c19-12-3-1-11(2-4-12)9-24-26-16-27-28-17(29(16)23)32-10-15(30)25-13-5-7-14(8-6-13)31-18(20,21)22/h1-9H,10,23H2,(H,25,30)(H,26,27)/b24-9+. The van der Waals surface area contributed by atoms with Crippen LogP contribution in [0.3, 0.4) is 0 Å². The summed E-state index contributed by atoms with van der Waals surface area (Å²) in [6, 6.07) is 12.2. The van der Waals surface area contributed by atoms with Crippen molar-refractivity contribution in [3.63, 3.8) is 0 Å². The Balaban J connectivity index is 1.48. The number of carbonyl (C=O) groups excluding carboxylic acids is 1. The third kappa shape index (κ3) is 7.16. The van der Waals surface area contributed by atoms with Crippen molar-refractivity contribution in [2.75, 3.05) is 22.3 Å². The zero-order chi connectivity index (χ0) is 23.1. The number of rotatable bonds is 8. The minimum absolute atomic E-state index is 0.0572. The zero-order valence-corrected chi connectivity index (χ0v) is 18.4. The molecular weight excluding hydrogens is 515 g/mol. The van der Waals surface area contributed by atoms with Crippen LogP contribution >= 0.6 is 27.7 Å². The highest BCUT2D eigenvalue weighted by Crippen LogP contribution is 2.24. The Hall–Kier alpha value is -3.26. The summed E-state index contributed by atoms with van der Waals surface area (Å²) in [5.41, 5.74) is 3.83. The summed E-state index contributed by atoms with van der Waals surface area (Å²) in [5.74, 6) is 5.21. The van der Waals surface area contributed by atoms with Gasteiger partial charge in [-0.1, -0.05) is 39.8 Å². The van der Waals surface area contributed by atoms with E-state index in [0.717, 1.165) is 38.6 Å². The van der Waals surface area contributed by atoms with E-state index in [9.17, 15) is 18.0 Å². The Kier molecular flexibility index (Phi) is 7.58. The molecular formula is C18H15BrF3N7O2S. The lowest BCUT2D eigenvalue weighted by Crippen LogP contribution is -2.18. The molecule has 0 aliphatic rings. The first-order chi connectivity index (χ1) is 15.2. The smallest absolute Gasteiger partial charge is 0.406 e. The van der Waals surface area contributed by atoms with Crippen molar-refractivity contribution in [1.29, 1.82) is 0 Å². The molecule has 3 rings (SSSR count). The van der Waals surface area contributed by atoms with E-state index in [4.69, 9.17) is 5.84 Å². The van der Waals surface area contributed by atoms with Crippen LogP contribution in [0.4, 0.5) is 24.8 Å². The van der Waals surface area contributed by atoms with Crippen molar-refractivity contribution in [2.45, 2.75) is 11.5 Å². The minimum Gasteiger partial charge on any atom is -0.406 e. The normalized spacial score (nSPS) is 11.5. The van der Waals surface area contributed by atoms with E-state index in [1.807, 2.05) is 24.3 Å². The number of alkyl halides is 3. The number of ether oxygens (including phenoxy) is 1. The predicted molar refractivity (Wildman–Crippen MR) is 118 cm³/mol. The van der Waals surface area contributed by atoms with Gasteiger partial charge in [-0.05, 0) is 42.0 Å². The number of benzene rings is 2. The summed E-state index contributed by atoms with van der Waals surface area (Å²) >= 11 is 4.37. The van der Waals surface area contributed by atoms with Crippen molar-refractivity contribution in [3.8, 4) is 5.75 Å². The number of amides is 1. The fraction of sp³-hybridized carbons (Fsp3) is 0.111. The number of nitrogens with one attached hydrogen (secondary N) is 2. The topological polar surface area (TPSA) is 119 Å². The lowest BCUT2D eigenvalue weighted by molar-refractivity contribution is -0.274. The maximum Gasteiger partial charge on any atom is 0.573 e. The van der Waals surface area contributed by atoms with Gasteiger partial charge >= 0.3 is 6.36 Å². The molecule has 1 amide bonds. The molecule has 0 fully saturated rings. The Morgan fingerprint density at radius 3 is 2.53 bits per heavy atom. The molecule has 0 atom stereocenters. The fourth-order valence-electron chi connectivity index (χ4n) is 2.23. The molecule has 1 heterocycles. The lowest BCUT2D eigenvalue weighted by atomic mass is 10.2. The number of anilines is 2.